The summed E-state index contributed by atoms with van der Waals surface area (Å²) < 4.78 is 38.5. The van der Waals surface area contributed by atoms with Crippen LogP contribution in [0.1, 0.15) is 13.3 Å². The highest BCUT2D eigenvalue weighted by atomic mass is 32.2. The highest BCUT2D eigenvalue weighted by Crippen LogP contribution is 2.16. The maximum atomic E-state index is 13.2. The predicted molar refractivity (Wildman–Crippen MR) is 58.6 cm³/mol. The topological polar surface area (TPSA) is 70.0 Å². The SMILES string of the molecule is CCC(C#N)S(=O)(=O)Nc1ccccc1F. The van der Waals surface area contributed by atoms with Gasteiger partial charge in [-0.15, -0.1) is 0 Å². The monoisotopic (exact) mass is 242 g/mol. The van der Waals surface area contributed by atoms with E-state index in [1.165, 1.54) is 18.2 Å². The molecule has 0 fully saturated rings. The first-order valence-electron chi connectivity index (χ1n) is 4.67. The van der Waals surface area contributed by atoms with Gasteiger partial charge in [-0.3, -0.25) is 4.72 Å². The van der Waals surface area contributed by atoms with Crippen LogP contribution < -0.4 is 4.72 Å². The maximum absolute atomic E-state index is 13.2. The maximum Gasteiger partial charge on any atom is 0.249 e. The van der Waals surface area contributed by atoms with E-state index in [-0.39, 0.29) is 12.1 Å². The molecule has 0 radical (unpaired) electrons. The lowest BCUT2D eigenvalue weighted by Crippen LogP contribution is -2.26. The number of anilines is 1. The summed E-state index contributed by atoms with van der Waals surface area (Å²) in [5, 5.41) is 7.47. The van der Waals surface area contributed by atoms with Crippen molar-refractivity contribution in [2.24, 2.45) is 0 Å². The van der Waals surface area contributed by atoms with Crippen LogP contribution in [0.2, 0.25) is 0 Å². The van der Waals surface area contributed by atoms with E-state index in [0.717, 1.165) is 6.07 Å². The zero-order valence-corrected chi connectivity index (χ0v) is 9.46. The number of halogens is 1. The summed E-state index contributed by atoms with van der Waals surface area (Å²) in [7, 11) is -3.85. The number of hydrogen-bond acceptors (Lipinski definition) is 3. The Morgan fingerprint density at radius 2 is 2.12 bits per heavy atom. The molecule has 0 spiro atoms. The molecule has 0 bridgehead atoms. The fraction of sp³-hybridized carbons (Fsp3) is 0.300. The standard InChI is InChI=1S/C10H11FN2O2S/c1-2-8(7-12)16(14,15)13-10-6-4-3-5-9(10)11/h3-6,8,13H,2H2,1H3. The van der Waals surface area contributed by atoms with Crippen molar-refractivity contribution in [2.45, 2.75) is 18.6 Å². The molecular formula is C10H11FN2O2S. The summed E-state index contributed by atoms with van der Waals surface area (Å²) in [6.07, 6.45) is 0.153. The third-order valence-electron chi connectivity index (χ3n) is 2.02. The Hall–Kier alpha value is -1.61. The van der Waals surface area contributed by atoms with Gasteiger partial charge >= 0.3 is 0 Å². The van der Waals surface area contributed by atoms with E-state index in [4.69, 9.17) is 5.26 Å². The van der Waals surface area contributed by atoms with Gasteiger partial charge in [0.15, 0.2) is 5.25 Å². The van der Waals surface area contributed by atoms with E-state index < -0.39 is 21.1 Å². The van der Waals surface area contributed by atoms with Gasteiger partial charge in [-0.1, -0.05) is 19.1 Å². The van der Waals surface area contributed by atoms with E-state index in [9.17, 15) is 12.8 Å². The molecule has 1 unspecified atom stereocenters. The molecule has 0 saturated carbocycles. The third-order valence-corrected chi connectivity index (χ3v) is 3.71. The first-order valence-corrected chi connectivity index (χ1v) is 6.21. The second-order valence-electron chi connectivity index (χ2n) is 3.15. The van der Waals surface area contributed by atoms with Crippen LogP contribution in [0.4, 0.5) is 10.1 Å². The van der Waals surface area contributed by atoms with Crippen molar-refractivity contribution in [2.75, 3.05) is 4.72 Å². The van der Waals surface area contributed by atoms with Crippen molar-refractivity contribution in [1.29, 1.82) is 5.26 Å². The van der Waals surface area contributed by atoms with Gasteiger partial charge in [0.2, 0.25) is 10.0 Å². The Kier molecular flexibility index (Phi) is 3.85. The molecule has 0 heterocycles. The van der Waals surface area contributed by atoms with Gasteiger partial charge < -0.3 is 0 Å². The molecule has 0 aliphatic rings. The van der Waals surface area contributed by atoms with Gasteiger partial charge in [-0.2, -0.15) is 5.26 Å². The number of benzene rings is 1. The molecule has 1 N–H and O–H groups in total. The number of para-hydroxylation sites is 1. The lowest BCUT2D eigenvalue weighted by Gasteiger charge is -2.11. The molecule has 1 rings (SSSR count). The van der Waals surface area contributed by atoms with Crippen LogP contribution >= 0.6 is 0 Å². The minimum Gasteiger partial charge on any atom is -0.279 e. The lowest BCUT2D eigenvalue weighted by molar-refractivity contribution is 0.590. The highest BCUT2D eigenvalue weighted by Gasteiger charge is 2.24. The molecule has 0 aromatic heterocycles. The fourth-order valence-corrected chi connectivity index (χ4v) is 2.34. The van der Waals surface area contributed by atoms with E-state index in [1.54, 1.807) is 13.0 Å². The minimum atomic E-state index is -3.85. The van der Waals surface area contributed by atoms with Gasteiger partial charge in [-0.05, 0) is 18.6 Å². The predicted octanol–water partition coefficient (Wildman–Crippen LogP) is 1.87. The molecule has 6 heteroatoms. The summed E-state index contributed by atoms with van der Waals surface area (Å²) in [5.41, 5.74) is -0.142. The van der Waals surface area contributed by atoms with Crippen molar-refractivity contribution in [3.63, 3.8) is 0 Å². The summed E-state index contributed by atoms with van der Waals surface area (Å²) >= 11 is 0. The van der Waals surface area contributed by atoms with Crippen LogP contribution in [0.5, 0.6) is 0 Å². The van der Waals surface area contributed by atoms with Crippen LogP contribution in [0, 0.1) is 17.1 Å². The average Bonchev–Trinajstić information content (AvgIpc) is 2.22. The second-order valence-corrected chi connectivity index (χ2v) is 5.02. The van der Waals surface area contributed by atoms with Crippen molar-refractivity contribution in [3.8, 4) is 6.07 Å². The first-order chi connectivity index (χ1) is 7.51. The summed E-state index contributed by atoms with van der Waals surface area (Å²) in [6.45, 7) is 1.58. The summed E-state index contributed by atoms with van der Waals surface area (Å²) in [5.74, 6) is -0.668. The van der Waals surface area contributed by atoms with Gasteiger partial charge in [0.25, 0.3) is 0 Å². The van der Waals surface area contributed by atoms with Gasteiger partial charge in [0.05, 0.1) is 11.8 Å². The lowest BCUT2D eigenvalue weighted by atomic mass is 10.3. The summed E-state index contributed by atoms with van der Waals surface area (Å²) in [6, 6.07) is 7.07. The van der Waals surface area contributed by atoms with Crippen LogP contribution in [-0.2, 0) is 10.0 Å². The van der Waals surface area contributed by atoms with Gasteiger partial charge in [0, 0.05) is 0 Å². The molecule has 0 amide bonds. The van der Waals surface area contributed by atoms with E-state index in [2.05, 4.69) is 4.72 Å². The zero-order chi connectivity index (χ0) is 12.2. The molecule has 1 aromatic rings. The Bertz CT molecular complexity index is 508. The fourth-order valence-electron chi connectivity index (χ4n) is 1.15. The molecule has 0 saturated heterocycles. The minimum absolute atomic E-state index is 0.142. The largest absolute Gasteiger partial charge is 0.279 e. The molecular weight excluding hydrogens is 231 g/mol. The molecule has 16 heavy (non-hydrogen) atoms. The number of nitrogens with zero attached hydrogens (tertiary/aromatic N) is 1. The molecule has 1 atom stereocenters. The molecule has 1 aromatic carbocycles. The third kappa shape index (κ3) is 2.70. The first kappa shape index (κ1) is 12.5. The average molecular weight is 242 g/mol. The molecule has 86 valence electrons. The highest BCUT2D eigenvalue weighted by molar-refractivity contribution is 7.93. The number of nitrogens with one attached hydrogen (secondary N) is 1. The van der Waals surface area contributed by atoms with Crippen molar-refractivity contribution in [3.05, 3.63) is 30.1 Å². The van der Waals surface area contributed by atoms with Crippen LogP contribution in [0.25, 0.3) is 0 Å². The number of hydrogen-bond donors (Lipinski definition) is 1. The van der Waals surface area contributed by atoms with Crippen LogP contribution in [0.3, 0.4) is 0 Å². The normalized spacial score (nSPS) is 12.8. The second kappa shape index (κ2) is 4.94. The van der Waals surface area contributed by atoms with Crippen molar-refractivity contribution >= 4 is 15.7 Å². The van der Waals surface area contributed by atoms with Crippen molar-refractivity contribution in [1.82, 2.24) is 0 Å². The number of sulfonamides is 1. The van der Waals surface area contributed by atoms with E-state index in [1.807, 2.05) is 0 Å². The van der Waals surface area contributed by atoms with Gasteiger partial charge in [-0.25, -0.2) is 12.8 Å². The zero-order valence-electron chi connectivity index (χ0n) is 8.64. The Morgan fingerprint density at radius 1 is 1.50 bits per heavy atom. The number of rotatable bonds is 4. The molecule has 4 nitrogen and oxygen atoms in total. The van der Waals surface area contributed by atoms with E-state index in [0.29, 0.717) is 0 Å². The Morgan fingerprint density at radius 3 is 2.62 bits per heavy atom. The van der Waals surface area contributed by atoms with E-state index >= 15 is 0 Å². The van der Waals surface area contributed by atoms with Crippen molar-refractivity contribution < 1.29 is 12.8 Å². The molecule has 0 aliphatic heterocycles. The smallest absolute Gasteiger partial charge is 0.249 e. The van der Waals surface area contributed by atoms with Crippen LogP contribution in [-0.4, -0.2) is 13.7 Å². The summed E-state index contributed by atoms with van der Waals surface area (Å²) in [4.78, 5) is 0. The van der Waals surface area contributed by atoms with Gasteiger partial charge in [0.1, 0.15) is 5.82 Å². The van der Waals surface area contributed by atoms with Crippen LogP contribution in [0.15, 0.2) is 24.3 Å². The molecule has 0 aliphatic carbocycles. The quantitative estimate of drug-likeness (QED) is 0.876. The Balaban J connectivity index is 2.99. The number of nitriles is 1. The Labute approximate surface area is 93.8 Å².